The van der Waals surface area contributed by atoms with Gasteiger partial charge in [0.05, 0.1) is 21.2 Å². The molecule has 0 bridgehead atoms. The van der Waals surface area contributed by atoms with Crippen molar-refractivity contribution < 1.29 is 4.79 Å². The van der Waals surface area contributed by atoms with E-state index in [0.717, 1.165) is 51.9 Å². The van der Waals surface area contributed by atoms with Crippen molar-refractivity contribution in [1.29, 1.82) is 0 Å². The normalized spacial score (nSPS) is 18.9. The number of halogens is 1. The van der Waals surface area contributed by atoms with Gasteiger partial charge in [-0.2, -0.15) is 0 Å². The second-order valence-electron chi connectivity index (χ2n) is 5.92. The zero-order chi connectivity index (χ0) is 14.6. The molecule has 0 atom stereocenters. The number of carbonyl (C=O) groups is 1. The van der Waals surface area contributed by atoms with Gasteiger partial charge in [0.1, 0.15) is 0 Å². The molecule has 0 spiro atoms. The minimum absolute atomic E-state index is 0.106. The highest BCUT2D eigenvalue weighted by atomic mass is 35.5. The van der Waals surface area contributed by atoms with E-state index in [0.29, 0.717) is 6.04 Å². The smallest absolute Gasteiger partial charge is 0.226 e. The third kappa shape index (κ3) is 2.38. The van der Waals surface area contributed by atoms with Crippen LogP contribution < -0.4 is 10.2 Å². The van der Waals surface area contributed by atoms with E-state index < -0.39 is 0 Å². The lowest BCUT2D eigenvalue weighted by Gasteiger charge is -2.38. The second-order valence-corrected chi connectivity index (χ2v) is 7.31. The van der Waals surface area contributed by atoms with Crippen LogP contribution in [0.5, 0.6) is 0 Å². The zero-order valence-electron chi connectivity index (χ0n) is 11.7. The van der Waals surface area contributed by atoms with Gasteiger partial charge in [-0.25, -0.2) is 4.98 Å². The van der Waals surface area contributed by atoms with Crippen molar-refractivity contribution in [2.45, 2.75) is 25.8 Å². The van der Waals surface area contributed by atoms with Crippen LogP contribution in [0.2, 0.25) is 5.02 Å². The fourth-order valence-corrected chi connectivity index (χ4v) is 3.91. The van der Waals surface area contributed by atoms with Gasteiger partial charge in [-0.15, -0.1) is 0 Å². The van der Waals surface area contributed by atoms with Crippen molar-refractivity contribution in [3.63, 3.8) is 0 Å². The van der Waals surface area contributed by atoms with Crippen LogP contribution in [0, 0.1) is 12.8 Å². The summed E-state index contributed by atoms with van der Waals surface area (Å²) in [5.41, 5.74) is 2.12. The summed E-state index contributed by atoms with van der Waals surface area (Å²) < 4.78 is 1.04. The Bertz CT molecular complexity index is 680. The summed E-state index contributed by atoms with van der Waals surface area (Å²) in [5.74, 6) is 0.304. The van der Waals surface area contributed by atoms with Crippen molar-refractivity contribution in [3.05, 3.63) is 22.7 Å². The summed E-state index contributed by atoms with van der Waals surface area (Å²) in [6.45, 7) is 3.56. The van der Waals surface area contributed by atoms with Crippen LogP contribution in [0.1, 0.15) is 18.4 Å². The number of hydrogen-bond donors (Lipinski definition) is 1. The quantitative estimate of drug-likeness (QED) is 0.945. The largest absolute Gasteiger partial charge is 0.353 e. The van der Waals surface area contributed by atoms with Gasteiger partial charge in [-0.05, 0) is 31.4 Å². The molecule has 1 saturated heterocycles. The molecule has 0 unspecified atom stereocenters. The standard InChI is InChI=1S/C15H16ClN3OS/c1-8-2-5-11(16)13-12(8)18-15(21-13)19-6-9(7-19)14(20)17-10-3-4-10/h2,5,9-10H,3-4,6-7H2,1H3,(H,17,20). The molecule has 2 aromatic rings. The van der Waals surface area contributed by atoms with Crippen molar-refractivity contribution in [1.82, 2.24) is 10.3 Å². The Hall–Kier alpha value is -1.33. The van der Waals surface area contributed by atoms with E-state index in [1.807, 2.05) is 19.1 Å². The molecule has 1 aliphatic carbocycles. The number of fused-ring (bicyclic) bond motifs is 1. The molecule has 1 amide bonds. The summed E-state index contributed by atoms with van der Waals surface area (Å²) in [5, 5.41) is 4.79. The van der Waals surface area contributed by atoms with E-state index in [9.17, 15) is 4.79 Å². The topological polar surface area (TPSA) is 45.2 Å². The highest BCUT2D eigenvalue weighted by molar-refractivity contribution is 7.22. The Labute approximate surface area is 132 Å². The molecule has 6 heteroatoms. The summed E-state index contributed by atoms with van der Waals surface area (Å²) in [7, 11) is 0. The minimum Gasteiger partial charge on any atom is -0.353 e. The van der Waals surface area contributed by atoms with Gasteiger partial charge >= 0.3 is 0 Å². The number of amides is 1. The van der Waals surface area contributed by atoms with Crippen molar-refractivity contribution in [3.8, 4) is 0 Å². The van der Waals surface area contributed by atoms with Crippen molar-refractivity contribution in [2.75, 3.05) is 18.0 Å². The number of hydrogen-bond acceptors (Lipinski definition) is 4. The number of anilines is 1. The molecule has 2 heterocycles. The first-order chi connectivity index (χ1) is 10.1. The first kappa shape index (κ1) is 13.3. The lowest BCUT2D eigenvalue weighted by Crippen LogP contribution is -2.54. The van der Waals surface area contributed by atoms with Crippen LogP contribution in [0.25, 0.3) is 10.2 Å². The predicted molar refractivity (Wildman–Crippen MR) is 86.2 cm³/mol. The van der Waals surface area contributed by atoms with E-state index in [1.165, 1.54) is 0 Å². The van der Waals surface area contributed by atoms with Gasteiger partial charge in [-0.1, -0.05) is 29.0 Å². The molecular weight excluding hydrogens is 306 g/mol. The summed E-state index contributed by atoms with van der Waals surface area (Å²) >= 11 is 7.85. The minimum atomic E-state index is 0.106. The zero-order valence-corrected chi connectivity index (χ0v) is 13.3. The van der Waals surface area contributed by atoms with Crippen molar-refractivity contribution in [2.24, 2.45) is 5.92 Å². The van der Waals surface area contributed by atoms with Gasteiger partial charge in [0, 0.05) is 19.1 Å². The molecular formula is C15H16ClN3OS. The highest BCUT2D eigenvalue weighted by Gasteiger charge is 2.36. The average molecular weight is 322 g/mol. The predicted octanol–water partition coefficient (Wildman–Crippen LogP) is 2.97. The molecule has 1 aliphatic heterocycles. The monoisotopic (exact) mass is 321 g/mol. The second kappa shape index (κ2) is 4.85. The van der Waals surface area contributed by atoms with E-state index >= 15 is 0 Å². The van der Waals surface area contributed by atoms with Gasteiger partial charge in [0.2, 0.25) is 5.91 Å². The number of aryl methyl sites for hydroxylation is 1. The maximum absolute atomic E-state index is 12.0. The van der Waals surface area contributed by atoms with Crippen LogP contribution in [-0.4, -0.2) is 30.0 Å². The number of nitrogens with zero attached hydrogens (tertiary/aromatic N) is 2. The maximum atomic E-state index is 12.0. The third-order valence-electron chi connectivity index (χ3n) is 4.13. The fourth-order valence-electron chi connectivity index (χ4n) is 2.57. The van der Waals surface area contributed by atoms with Crippen LogP contribution in [-0.2, 0) is 4.79 Å². The van der Waals surface area contributed by atoms with Crippen LogP contribution >= 0.6 is 22.9 Å². The van der Waals surface area contributed by atoms with Crippen LogP contribution in [0.4, 0.5) is 5.13 Å². The number of nitrogens with one attached hydrogen (secondary N) is 1. The van der Waals surface area contributed by atoms with E-state index in [2.05, 4.69) is 10.2 Å². The Morgan fingerprint density at radius 3 is 2.86 bits per heavy atom. The summed E-state index contributed by atoms with van der Waals surface area (Å²) in [6, 6.07) is 4.36. The Morgan fingerprint density at radius 1 is 1.43 bits per heavy atom. The summed E-state index contributed by atoms with van der Waals surface area (Å²) in [6.07, 6.45) is 2.27. The molecule has 4 rings (SSSR count). The van der Waals surface area contributed by atoms with E-state index in [1.54, 1.807) is 11.3 Å². The molecule has 4 nitrogen and oxygen atoms in total. The molecule has 0 radical (unpaired) electrons. The molecule has 110 valence electrons. The molecule has 1 aromatic heterocycles. The lowest BCUT2D eigenvalue weighted by molar-refractivity contribution is -0.125. The number of aromatic nitrogens is 1. The van der Waals surface area contributed by atoms with Crippen LogP contribution in [0.15, 0.2) is 12.1 Å². The van der Waals surface area contributed by atoms with Gasteiger partial charge < -0.3 is 10.2 Å². The lowest BCUT2D eigenvalue weighted by atomic mass is 10.00. The molecule has 21 heavy (non-hydrogen) atoms. The van der Waals surface area contributed by atoms with E-state index in [-0.39, 0.29) is 11.8 Å². The van der Waals surface area contributed by atoms with E-state index in [4.69, 9.17) is 16.6 Å². The molecule has 1 saturated carbocycles. The number of carbonyl (C=O) groups excluding carboxylic acids is 1. The third-order valence-corrected chi connectivity index (χ3v) is 5.71. The maximum Gasteiger partial charge on any atom is 0.226 e. The molecule has 2 fully saturated rings. The Morgan fingerprint density at radius 2 is 2.19 bits per heavy atom. The Kier molecular flexibility index (Phi) is 3.08. The van der Waals surface area contributed by atoms with Crippen molar-refractivity contribution >= 4 is 44.2 Å². The first-order valence-electron chi connectivity index (χ1n) is 7.23. The molecule has 2 aliphatic rings. The number of thiazole rings is 1. The average Bonchev–Trinajstić information content (AvgIpc) is 3.08. The van der Waals surface area contributed by atoms with Crippen LogP contribution in [0.3, 0.4) is 0 Å². The summed E-state index contributed by atoms with van der Waals surface area (Å²) in [4.78, 5) is 18.8. The molecule has 1 N–H and O–H groups in total. The van der Waals surface area contributed by atoms with Gasteiger partial charge in [0.15, 0.2) is 5.13 Å². The highest BCUT2D eigenvalue weighted by Crippen LogP contribution is 2.37. The SMILES string of the molecule is Cc1ccc(Cl)c2sc(N3CC(C(=O)NC4CC4)C3)nc12. The van der Waals surface area contributed by atoms with Gasteiger partial charge in [-0.3, -0.25) is 4.79 Å². The van der Waals surface area contributed by atoms with Gasteiger partial charge in [0.25, 0.3) is 0 Å². The molecule has 1 aromatic carbocycles. The fraction of sp³-hybridized carbons (Fsp3) is 0.467. The number of rotatable bonds is 3. The first-order valence-corrected chi connectivity index (χ1v) is 8.42. The Balaban J connectivity index is 1.49. The number of benzene rings is 1.